The number of carbonyl (C=O) groups excluding carboxylic acids is 2. The first-order chi connectivity index (χ1) is 10.1. The molecule has 0 bridgehead atoms. The van der Waals surface area contributed by atoms with Crippen molar-refractivity contribution in [3.05, 3.63) is 34.1 Å². The van der Waals surface area contributed by atoms with Gasteiger partial charge in [-0.05, 0) is 53.7 Å². The number of carbonyl (C=O) groups is 2. The minimum absolute atomic E-state index is 0.0114. The predicted octanol–water partition coefficient (Wildman–Crippen LogP) is 3.56. The maximum absolute atomic E-state index is 13.6. The van der Waals surface area contributed by atoms with Crippen LogP contribution in [0.25, 0.3) is 0 Å². The fourth-order valence-electron chi connectivity index (χ4n) is 3.54. The first kappa shape index (κ1) is 14.7. The third-order valence-corrected chi connectivity index (χ3v) is 5.36. The van der Waals surface area contributed by atoms with E-state index in [1.54, 1.807) is 17.0 Å². The fraction of sp³-hybridized carbons (Fsp3) is 0.500. The van der Waals surface area contributed by atoms with Crippen molar-refractivity contribution < 1.29 is 14.0 Å². The van der Waals surface area contributed by atoms with E-state index in [0.717, 1.165) is 25.7 Å². The number of Topliss-reactive ketones (excluding diaryl/α,β-unsaturated/α-hetero) is 1. The first-order valence-corrected chi connectivity index (χ1v) is 8.16. The van der Waals surface area contributed by atoms with Crippen molar-refractivity contribution in [3.63, 3.8) is 0 Å². The number of benzene rings is 1. The van der Waals surface area contributed by atoms with E-state index in [4.69, 9.17) is 0 Å². The zero-order valence-electron chi connectivity index (χ0n) is 11.6. The second-order valence-corrected chi connectivity index (χ2v) is 6.57. The highest BCUT2D eigenvalue weighted by Gasteiger charge is 2.40. The van der Waals surface area contributed by atoms with Crippen LogP contribution in [0.3, 0.4) is 0 Å². The van der Waals surface area contributed by atoms with Crippen LogP contribution in [-0.4, -0.2) is 29.2 Å². The summed E-state index contributed by atoms with van der Waals surface area (Å²) in [4.78, 5) is 26.5. The molecule has 21 heavy (non-hydrogen) atoms. The Labute approximate surface area is 131 Å². The molecule has 3 nitrogen and oxygen atoms in total. The van der Waals surface area contributed by atoms with Crippen LogP contribution in [0.5, 0.6) is 0 Å². The number of ketones is 1. The van der Waals surface area contributed by atoms with Crippen molar-refractivity contribution in [1.29, 1.82) is 0 Å². The number of nitrogens with zero attached hydrogens (tertiary/aromatic N) is 1. The Balaban J connectivity index is 1.86. The normalized spacial score (nSPS) is 25.6. The van der Waals surface area contributed by atoms with Gasteiger partial charge in [0, 0.05) is 24.9 Å². The van der Waals surface area contributed by atoms with E-state index in [1.807, 2.05) is 0 Å². The lowest BCUT2D eigenvalue weighted by Gasteiger charge is -2.29. The second kappa shape index (κ2) is 5.87. The number of rotatable bonds is 2. The van der Waals surface area contributed by atoms with Gasteiger partial charge in [0.05, 0.1) is 10.0 Å². The first-order valence-electron chi connectivity index (χ1n) is 7.37. The van der Waals surface area contributed by atoms with Gasteiger partial charge in [-0.15, -0.1) is 0 Å². The number of hydrogen-bond acceptors (Lipinski definition) is 2. The van der Waals surface area contributed by atoms with Gasteiger partial charge in [0.2, 0.25) is 0 Å². The van der Waals surface area contributed by atoms with Crippen LogP contribution >= 0.6 is 15.9 Å². The molecule has 1 heterocycles. The molecule has 1 saturated heterocycles. The molecule has 112 valence electrons. The molecule has 5 heteroatoms. The fourth-order valence-corrected chi connectivity index (χ4v) is 3.97. The number of likely N-dealkylation sites (tertiary alicyclic amines) is 1. The van der Waals surface area contributed by atoms with Gasteiger partial charge in [0.1, 0.15) is 11.6 Å². The summed E-state index contributed by atoms with van der Waals surface area (Å²) in [7, 11) is 0. The summed E-state index contributed by atoms with van der Waals surface area (Å²) < 4.78 is 13.8. The molecule has 0 aromatic heterocycles. The standard InChI is InChI=1S/C16H17BrFNO2/c17-15-11(5-1-6-12(15)18)16(21)19-9-3-7-13(19)10-4-2-8-14(10)20/h1,5-6,10,13H,2-4,7-9H2. The van der Waals surface area contributed by atoms with Crippen LogP contribution in [0, 0.1) is 11.7 Å². The summed E-state index contributed by atoms with van der Waals surface area (Å²) >= 11 is 3.15. The predicted molar refractivity (Wildman–Crippen MR) is 80.5 cm³/mol. The highest BCUT2D eigenvalue weighted by Crippen LogP contribution is 2.35. The molecule has 2 unspecified atom stereocenters. The Morgan fingerprint density at radius 1 is 1.29 bits per heavy atom. The van der Waals surface area contributed by atoms with Crippen LogP contribution in [0.4, 0.5) is 4.39 Å². The molecule has 1 saturated carbocycles. The van der Waals surface area contributed by atoms with E-state index in [2.05, 4.69) is 15.9 Å². The highest BCUT2D eigenvalue weighted by molar-refractivity contribution is 9.10. The zero-order valence-corrected chi connectivity index (χ0v) is 13.2. The van der Waals surface area contributed by atoms with Gasteiger partial charge in [-0.2, -0.15) is 0 Å². The van der Waals surface area contributed by atoms with Crippen molar-refractivity contribution in [2.45, 2.75) is 38.1 Å². The van der Waals surface area contributed by atoms with Gasteiger partial charge < -0.3 is 4.90 Å². The van der Waals surface area contributed by atoms with E-state index < -0.39 is 5.82 Å². The van der Waals surface area contributed by atoms with Crippen molar-refractivity contribution in [2.75, 3.05) is 6.54 Å². The van der Waals surface area contributed by atoms with Crippen molar-refractivity contribution in [2.24, 2.45) is 5.92 Å². The van der Waals surface area contributed by atoms with Crippen molar-refractivity contribution in [1.82, 2.24) is 4.90 Å². The lowest BCUT2D eigenvalue weighted by molar-refractivity contribution is -0.121. The molecule has 2 aliphatic rings. The Bertz CT molecular complexity index is 590. The average molecular weight is 354 g/mol. The molecule has 1 aromatic rings. The summed E-state index contributed by atoms with van der Waals surface area (Å²) in [5, 5.41) is 0. The van der Waals surface area contributed by atoms with Crippen molar-refractivity contribution >= 4 is 27.6 Å². The Morgan fingerprint density at radius 3 is 2.81 bits per heavy atom. The summed E-state index contributed by atoms with van der Waals surface area (Å²) in [5.74, 6) is -0.362. The molecule has 1 aliphatic carbocycles. The van der Waals surface area contributed by atoms with Crippen LogP contribution in [0.1, 0.15) is 42.5 Å². The van der Waals surface area contributed by atoms with Crippen molar-refractivity contribution in [3.8, 4) is 0 Å². The number of amides is 1. The summed E-state index contributed by atoms with van der Waals surface area (Å²) in [5.41, 5.74) is 0.340. The maximum Gasteiger partial charge on any atom is 0.255 e. The number of halogens is 2. The van der Waals surface area contributed by atoms with E-state index in [9.17, 15) is 14.0 Å². The lowest BCUT2D eigenvalue weighted by atomic mass is 9.94. The third-order valence-electron chi connectivity index (χ3n) is 4.56. The highest BCUT2D eigenvalue weighted by atomic mass is 79.9. The van der Waals surface area contributed by atoms with E-state index in [-0.39, 0.29) is 28.1 Å². The van der Waals surface area contributed by atoms with E-state index >= 15 is 0 Å². The van der Waals surface area contributed by atoms with Crippen LogP contribution in [0.2, 0.25) is 0 Å². The Morgan fingerprint density at radius 2 is 2.10 bits per heavy atom. The maximum atomic E-state index is 13.6. The molecule has 1 aromatic carbocycles. The molecule has 0 N–H and O–H groups in total. The lowest BCUT2D eigenvalue weighted by Crippen LogP contribution is -2.41. The van der Waals surface area contributed by atoms with Gasteiger partial charge in [0.15, 0.2) is 0 Å². The van der Waals surface area contributed by atoms with Crippen LogP contribution in [-0.2, 0) is 4.79 Å². The largest absolute Gasteiger partial charge is 0.335 e. The summed E-state index contributed by atoms with van der Waals surface area (Å²) in [6.45, 7) is 0.649. The third kappa shape index (κ3) is 2.63. The van der Waals surface area contributed by atoms with Gasteiger partial charge in [0.25, 0.3) is 5.91 Å². The van der Waals surface area contributed by atoms with Gasteiger partial charge >= 0.3 is 0 Å². The molecule has 0 spiro atoms. The minimum Gasteiger partial charge on any atom is -0.335 e. The molecular weight excluding hydrogens is 337 g/mol. The summed E-state index contributed by atoms with van der Waals surface area (Å²) in [6, 6.07) is 4.48. The smallest absolute Gasteiger partial charge is 0.255 e. The van der Waals surface area contributed by atoms with Gasteiger partial charge in [-0.25, -0.2) is 4.39 Å². The molecule has 3 rings (SSSR count). The van der Waals surface area contributed by atoms with E-state index in [1.165, 1.54) is 6.07 Å². The molecular formula is C16H17BrFNO2. The van der Waals surface area contributed by atoms with Gasteiger partial charge in [-0.1, -0.05) is 6.07 Å². The zero-order chi connectivity index (χ0) is 15.0. The Kier molecular flexibility index (Phi) is 4.11. The average Bonchev–Trinajstić information content (AvgIpc) is 3.09. The SMILES string of the molecule is O=C1CCCC1C1CCCN1C(=O)c1cccc(F)c1Br. The van der Waals surface area contributed by atoms with Gasteiger partial charge in [-0.3, -0.25) is 9.59 Å². The minimum atomic E-state index is -0.437. The molecule has 1 amide bonds. The molecule has 1 aliphatic heterocycles. The Hall–Kier alpha value is -1.23. The quantitative estimate of drug-likeness (QED) is 0.814. The molecule has 2 atom stereocenters. The molecule has 2 fully saturated rings. The summed E-state index contributed by atoms with van der Waals surface area (Å²) in [6.07, 6.45) is 4.21. The second-order valence-electron chi connectivity index (χ2n) is 5.77. The number of hydrogen-bond donors (Lipinski definition) is 0. The monoisotopic (exact) mass is 353 g/mol. The molecule has 0 radical (unpaired) electrons. The van der Waals surface area contributed by atoms with Crippen LogP contribution < -0.4 is 0 Å². The van der Waals surface area contributed by atoms with Crippen LogP contribution in [0.15, 0.2) is 22.7 Å². The topological polar surface area (TPSA) is 37.4 Å². The van der Waals surface area contributed by atoms with E-state index in [0.29, 0.717) is 18.5 Å².